The number of ether oxygens (including phenoxy) is 1. The molecule has 1 heterocycles. The fraction of sp³-hybridized carbons (Fsp3) is 0.350. The number of hydrogen-bond donors (Lipinski definition) is 0. The van der Waals surface area contributed by atoms with Gasteiger partial charge < -0.3 is 9.64 Å². The van der Waals surface area contributed by atoms with Crippen LogP contribution in [-0.4, -0.2) is 114 Å². The maximum Gasteiger partial charge on any atom is 0.260 e. The molecule has 56 heavy (non-hydrogen) atoms. The smallest absolute Gasteiger partial charge is 0.260 e. The molecule has 300 valence electrons. The van der Waals surface area contributed by atoms with Gasteiger partial charge >= 0.3 is 0 Å². The maximum atomic E-state index is 14.1. The number of amides is 1. The number of carbonyl (C=O) groups excluding carboxylic acids is 2. The van der Waals surface area contributed by atoms with Gasteiger partial charge in [-0.3, -0.25) is 9.59 Å². The second-order valence-corrected chi connectivity index (χ2v) is 19.5. The standard InChI is InChI=1S/C40H48N4O9S3/c1-32-10-16-36(17-11-32)54(47,48)42-24-7-25-44(56(51,52)38-20-14-34(3)15-21-38)29-28-43(55(49,50)37-18-12-33(2)13-19-37)23-6-22-41(26-27-42)40(46)31-53-39-9-5-4-8-35(39)30-45/h4-5,8-21,30H,6-7,22-29,31H2,1-3H3. The zero-order valence-corrected chi connectivity index (χ0v) is 34.2. The molecule has 4 aromatic rings. The topological polar surface area (TPSA) is 159 Å². The molecule has 0 N–H and O–H groups in total. The lowest BCUT2D eigenvalue weighted by Gasteiger charge is -2.31. The number of benzene rings is 4. The first-order valence-electron chi connectivity index (χ1n) is 18.3. The van der Waals surface area contributed by atoms with Crippen LogP contribution in [0.1, 0.15) is 39.9 Å². The summed E-state index contributed by atoms with van der Waals surface area (Å²) in [6.07, 6.45) is 0.823. The van der Waals surface area contributed by atoms with Crippen molar-refractivity contribution in [3.63, 3.8) is 0 Å². The number of aryl methyl sites for hydroxylation is 3. The Labute approximate surface area is 330 Å². The van der Waals surface area contributed by atoms with Gasteiger partial charge in [0.15, 0.2) is 12.9 Å². The van der Waals surface area contributed by atoms with Gasteiger partial charge in [0.2, 0.25) is 30.1 Å². The predicted molar refractivity (Wildman–Crippen MR) is 213 cm³/mol. The molecular weight excluding hydrogens is 777 g/mol. The van der Waals surface area contributed by atoms with E-state index in [0.717, 1.165) is 16.7 Å². The van der Waals surface area contributed by atoms with Crippen molar-refractivity contribution in [2.45, 2.75) is 48.3 Å². The first-order valence-corrected chi connectivity index (χ1v) is 22.6. The second-order valence-electron chi connectivity index (χ2n) is 13.7. The molecule has 1 fully saturated rings. The number of sulfonamides is 3. The predicted octanol–water partition coefficient (Wildman–Crippen LogP) is 4.50. The van der Waals surface area contributed by atoms with Crippen LogP contribution in [0.2, 0.25) is 0 Å². The van der Waals surface area contributed by atoms with Gasteiger partial charge in [-0.05, 0) is 82.1 Å². The highest BCUT2D eigenvalue weighted by molar-refractivity contribution is 7.89. The van der Waals surface area contributed by atoms with E-state index >= 15 is 0 Å². The molecule has 1 aliphatic rings. The average Bonchev–Trinajstić information content (AvgIpc) is 3.17. The van der Waals surface area contributed by atoms with E-state index in [2.05, 4.69) is 0 Å². The molecule has 0 bridgehead atoms. The van der Waals surface area contributed by atoms with Gasteiger partial charge in [-0.25, -0.2) is 25.3 Å². The minimum absolute atomic E-state index is 0.0290. The number of nitrogens with zero attached hydrogens (tertiary/aromatic N) is 4. The van der Waals surface area contributed by atoms with Gasteiger partial charge in [0.1, 0.15) is 5.75 Å². The van der Waals surface area contributed by atoms with Crippen LogP contribution in [0.3, 0.4) is 0 Å². The van der Waals surface area contributed by atoms with Crippen LogP contribution in [0, 0.1) is 20.8 Å². The molecule has 5 rings (SSSR count). The van der Waals surface area contributed by atoms with Gasteiger partial charge in [-0.15, -0.1) is 0 Å². The fourth-order valence-electron chi connectivity index (χ4n) is 6.25. The number of rotatable bonds is 10. The van der Waals surface area contributed by atoms with E-state index in [1.54, 1.807) is 60.7 Å². The monoisotopic (exact) mass is 824 g/mol. The van der Waals surface area contributed by atoms with E-state index in [9.17, 15) is 34.8 Å². The normalized spacial score (nSPS) is 16.5. The Hall–Kier alpha value is -4.45. The molecule has 0 saturated carbocycles. The summed E-state index contributed by atoms with van der Waals surface area (Å²) < 4.78 is 94.0. The average molecular weight is 825 g/mol. The number of carbonyl (C=O) groups is 2. The molecule has 1 saturated heterocycles. The molecule has 13 nitrogen and oxygen atoms in total. The number of aldehydes is 1. The van der Waals surface area contributed by atoms with Crippen molar-refractivity contribution in [3.05, 3.63) is 119 Å². The highest BCUT2D eigenvalue weighted by Crippen LogP contribution is 2.23. The SMILES string of the molecule is Cc1ccc(S(=O)(=O)N2CCCN(S(=O)(=O)c3ccc(C)cc3)CCN(S(=O)(=O)c3ccc(C)cc3)CCCN(C(=O)COc3ccccc3C=O)CC2)cc1. The zero-order valence-electron chi connectivity index (χ0n) is 31.8. The molecule has 16 heteroatoms. The summed E-state index contributed by atoms with van der Waals surface area (Å²) in [5.41, 5.74) is 2.85. The lowest BCUT2D eigenvalue weighted by Crippen LogP contribution is -2.46. The van der Waals surface area contributed by atoms with E-state index in [4.69, 9.17) is 4.74 Å². The van der Waals surface area contributed by atoms with Crippen molar-refractivity contribution in [1.29, 1.82) is 0 Å². The summed E-state index contributed by atoms with van der Waals surface area (Å²) in [5, 5.41) is 0. The lowest BCUT2D eigenvalue weighted by molar-refractivity contribution is -0.133. The van der Waals surface area contributed by atoms with Gasteiger partial charge in [-0.2, -0.15) is 12.9 Å². The maximum absolute atomic E-state index is 14.1. The summed E-state index contributed by atoms with van der Waals surface area (Å²) in [6, 6.07) is 25.6. The molecule has 0 aromatic heterocycles. The van der Waals surface area contributed by atoms with Gasteiger partial charge in [-0.1, -0.05) is 65.2 Å². The first-order chi connectivity index (χ1) is 26.6. The third-order valence-corrected chi connectivity index (χ3v) is 15.3. The van der Waals surface area contributed by atoms with Crippen LogP contribution in [0.4, 0.5) is 0 Å². The molecular formula is C40H48N4O9S3. The Morgan fingerprint density at radius 1 is 0.536 bits per heavy atom. The van der Waals surface area contributed by atoms with Crippen molar-refractivity contribution >= 4 is 42.3 Å². The van der Waals surface area contributed by atoms with Crippen LogP contribution in [-0.2, 0) is 34.9 Å². The Morgan fingerprint density at radius 2 is 0.911 bits per heavy atom. The van der Waals surface area contributed by atoms with Gasteiger partial charge in [0, 0.05) is 52.4 Å². The van der Waals surface area contributed by atoms with E-state index in [0.29, 0.717) is 6.29 Å². The second kappa shape index (κ2) is 18.7. The first kappa shape index (κ1) is 42.7. The Morgan fingerprint density at radius 3 is 1.32 bits per heavy atom. The fourth-order valence-corrected chi connectivity index (χ4v) is 10.7. The van der Waals surface area contributed by atoms with Gasteiger partial charge in [0.05, 0.1) is 20.2 Å². The summed E-state index contributed by atoms with van der Waals surface area (Å²) in [7, 11) is -12.3. The largest absolute Gasteiger partial charge is 0.483 e. The summed E-state index contributed by atoms with van der Waals surface area (Å²) >= 11 is 0. The zero-order chi connectivity index (χ0) is 40.5. The van der Waals surface area contributed by atoms with E-state index in [-0.39, 0.29) is 91.2 Å². The third-order valence-electron chi connectivity index (χ3n) is 9.59. The molecule has 1 amide bonds. The van der Waals surface area contributed by atoms with E-state index < -0.39 is 42.6 Å². The summed E-state index contributed by atoms with van der Waals surface area (Å²) in [5.74, 6) is -0.282. The molecule has 0 atom stereocenters. The summed E-state index contributed by atoms with van der Waals surface area (Å²) in [6.45, 7) is 4.20. The number of hydrogen-bond acceptors (Lipinski definition) is 9. The van der Waals surface area contributed by atoms with Crippen molar-refractivity contribution in [1.82, 2.24) is 17.8 Å². The highest BCUT2D eigenvalue weighted by atomic mass is 32.2. The van der Waals surface area contributed by atoms with Crippen molar-refractivity contribution in [2.24, 2.45) is 0 Å². The van der Waals surface area contributed by atoms with Gasteiger partial charge in [0.25, 0.3) is 5.91 Å². The molecule has 0 aliphatic carbocycles. The number of para-hydroxylation sites is 1. The van der Waals surface area contributed by atoms with Crippen LogP contribution in [0.15, 0.2) is 112 Å². The van der Waals surface area contributed by atoms with Crippen LogP contribution in [0.5, 0.6) is 5.75 Å². The molecule has 1 aliphatic heterocycles. The Balaban J connectivity index is 1.49. The van der Waals surface area contributed by atoms with E-state index in [1.807, 2.05) is 20.8 Å². The molecule has 0 spiro atoms. The molecule has 0 radical (unpaired) electrons. The Bertz CT molecular complexity index is 2300. The van der Waals surface area contributed by atoms with Crippen LogP contribution >= 0.6 is 0 Å². The highest BCUT2D eigenvalue weighted by Gasteiger charge is 2.32. The third kappa shape index (κ3) is 10.5. The minimum atomic E-state index is -4.13. The van der Waals surface area contributed by atoms with E-state index in [1.165, 1.54) is 54.2 Å². The van der Waals surface area contributed by atoms with Crippen LogP contribution in [0.25, 0.3) is 0 Å². The molecule has 4 aromatic carbocycles. The molecule has 0 unspecified atom stereocenters. The Kier molecular flexibility index (Phi) is 14.2. The van der Waals surface area contributed by atoms with Crippen molar-refractivity contribution in [3.8, 4) is 5.75 Å². The quantitative estimate of drug-likeness (QED) is 0.210. The summed E-state index contributed by atoms with van der Waals surface area (Å²) in [4.78, 5) is 26.9. The van der Waals surface area contributed by atoms with Crippen molar-refractivity contribution < 1.29 is 39.6 Å². The minimum Gasteiger partial charge on any atom is -0.483 e. The van der Waals surface area contributed by atoms with Crippen LogP contribution < -0.4 is 4.74 Å². The lowest BCUT2D eigenvalue weighted by atomic mass is 10.2. The van der Waals surface area contributed by atoms with Crippen molar-refractivity contribution in [2.75, 3.05) is 59.0 Å².